The van der Waals surface area contributed by atoms with Crippen molar-refractivity contribution in [3.8, 4) is 0 Å². The highest BCUT2D eigenvalue weighted by molar-refractivity contribution is 5.66. The Bertz CT molecular complexity index is 778. The quantitative estimate of drug-likeness (QED) is 0.494. The van der Waals surface area contributed by atoms with Gasteiger partial charge in [-0.1, -0.05) is 83.2 Å². The van der Waals surface area contributed by atoms with E-state index in [1.165, 1.54) is 23.1 Å². The molecular formula is C25H37N3. The lowest BCUT2D eigenvalue weighted by Gasteiger charge is -2.12. The summed E-state index contributed by atoms with van der Waals surface area (Å²) in [4.78, 5) is 1.62. The third-order valence-corrected chi connectivity index (χ3v) is 3.76. The maximum atomic E-state index is 4.16. The first kappa shape index (κ1) is 25.3. The van der Waals surface area contributed by atoms with Crippen LogP contribution in [0.25, 0.3) is 11.3 Å². The average molecular weight is 380 g/mol. The number of benzene rings is 1. The summed E-state index contributed by atoms with van der Waals surface area (Å²) in [6.45, 7) is 22.3. The summed E-state index contributed by atoms with van der Waals surface area (Å²) < 4.78 is 0. The summed E-state index contributed by atoms with van der Waals surface area (Å²) in [6, 6.07) is 6.37. The van der Waals surface area contributed by atoms with Crippen LogP contribution in [-0.2, 0) is 6.42 Å². The largest absolute Gasteiger partial charge is 0.157 e. The molecule has 0 amide bonds. The van der Waals surface area contributed by atoms with E-state index in [4.69, 9.17) is 0 Å². The molecule has 0 saturated carbocycles. The first-order valence-electron chi connectivity index (χ1n) is 10.0. The molecule has 3 heteroatoms. The molecule has 3 nitrogen and oxygen atoms in total. The standard InChI is InChI=1S/C20H23N3.C3H8.C2H6/c1-6-8-18(13-16(4)23-21-11-12-22-23)14-19-9-7-10-20(15(2)3)17(19)5;1-3-2;1-2/h6-13H,1-2,14H2,3-5H3;3H2,1-2H3;1-2H3/b16-13+,18-8+;;. The molecule has 0 radical (unpaired) electrons. The molecule has 0 aliphatic carbocycles. The molecule has 0 fully saturated rings. The predicted octanol–water partition coefficient (Wildman–Crippen LogP) is 7.28. The molecule has 2 rings (SSSR count). The smallest absolute Gasteiger partial charge is 0.0697 e. The number of aromatic nitrogens is 3. The van der Waals surface area contributed by atoms with Gasteiger partial charge >= 0.3 is 0 Å². The van der Waals surface area contributed by atoms with Crippen LogP contribution >= 0.6 is 0 Å². The lowest BCUT2D eigenvalue weighted by atomic mass is 9.93. The summed E-state index contributed by atoms with van der Waals surface area (Å²) in [5, 5.41) is 8.33. The molecule has 1 heterocycles. The fraction of sp³-hybridized carbons (Fsp3) is 0.360. The molecule has 0 N–H and O–H groups in total. The van der Waals surface area contributed by atoms with E-state index in [0.29, 0.717) is 0 Å². The van der Waals surface area contributed by atoms with Gasteiger partial charge in [-0.05, 0) is 55.5 Å². The molecule has 2 aromatic rings. The second-order valence-electron chi connectivity index (χ2n) is 6.34. The molecular weight excluding hydrogens is 342 g/mol. The number of nitrogens with zero attached hydrogens (tertiary/aromatic N) is 3. The third kappa shape index (κ3) is 8.34. The Morgan fingerprint density at radius 3 is 2.18 bits per heavy atom. The number of allylic oxidation sites excluding steroid dienone is 6. The Hall–Kier alpha value is -2.68. The van der Waals surface area contributed by atoms with Crippen molar-refractivity contribution in [2.75, 3.05) is 0 Å². The Morgan fingerprint density at radius 2 is 1.68 bits per heavy atom. The van der Waals surface area contributed by atoms with E-state index in [2.05, 4.69) is 68.4 Å². The first-order valence-corrected chi connectivity index (χ1v) is 10.0. The summed E-state index contributed by atoms with van der Waals surface area (Å²) in [7, 11) is 0. The van der Waals surface area contributed by atoms with Crippen molar-refractivity contribution in [2.45, 2.75) is 61.3 Å². The molecule has 28 heavy (non-hydrogen) atoms. The van der Waals surface area contributed by atoms with Crippen LogP contribution in [0.15, 0.2) is 67.6 Å². The van der Waals surface area contributed by atoms with Crippen LogP contribution < -0.4 is 0 Å². The average Bonchev–Trinajstić information content (AvgIpc) is 3.20. The van der Waals surface area contributed by atoms with Crippen molar-refractivity contribution in [3.63, 3.8) is 0 Å². The highest BCUT2D eigenvalue weighted by atomic mass is 15.5. The van der Waals surface area contributed by atoms with E-state index < -0.39 is 0 Å². The van der Waals surface area contributed by atoms with Gasteiger partial charge in [0.15, 0.2) is 0 Å². The zero-order valence-corrected chi connectivity index (χ0v) is 18.8. The van der Waals surface area contributed by atoms with Crippen molar-refractivity contribution in [1.29, 1.82) is 0 Å². The predicted molar refractivity (Wildman–Crippen MR) is 125 cm³/mol. The summed E-state index contributed by atoms with van der Waals surface area (Å²) >= 11 is 0. The van der Waals surface area contributed by atoms with E-state index in [9.17, 15) is 0 Å². The topological polar surface area (TPSA) is 30.7 Å². The first-order chi connectivity index (χ1) is 13.4. The number of hydrogen-bond acceptors (Lipinski definition) is 2. The SMILES string of the molecule is C=C/C=C(\C=C(/C)n1nccn1)Cc1cccc(C(=C)C)c1C.CC.CCC. The van der Waals surface area contributed by atoms with E-state index in [1.807, 2.05) is 39.8 Å². The highest BCUT2D eigenvalue weighted by Gasteiger charge is 2.07. The zero-order chi connectivity index (χ0) is 21.5. The van der Waals surface area contributed by atoms with Gasteiger partial charge in [0.25, 0.3) is 0 Å². The molecule has 0 aliphatic rings. The van der Waals surface area contributed by atoms with Crippen molar-refractivity contribution in [2.24, 2.45) is 0 Å². The fourth-order valence-corrected chi connectivity index (χ4v) is 2.59. The Morgan fingerprint density at radius 1 is 1.11 bits per heavy atom. The zero-order valence-electron chi connectivity index (χ0n) is 18.8. The lowest BCUT2D eigenvalue weighted by molar-refractivity contribution is 0.764. The highest BCUT2D eigenvalue weighted by Crippen LogP contribution is 2.23. The minimum Gasteiger partial charge on any atom is -0.157 e. The van der Waals surface area contributed by atoms with Crippen molar-refractivity contribution < 1.29 is 0 Å². The minimum atomic E-state index is 0.831. The summed E-state index contributed by atoms with van der Waals surface area (Å²) in [5.74, 6) is 0. The number of hydrogen-bond donors (Lipinski definition) is 0. The molecule has 1 aromatic carbocycles. The third-order valence-electron chi connectivity index (χ3n) is 3.76. The molecule has 0 spiro atoms. The van der Waals surface area contributed by atoms with Crippen molar-refractivity contribution >= 4 is 11.3 Å². The molecule has 152 valence electrons. The summed E-state index contributed by atoms with van der Waals surface area (Å²) in [5.41, 5.74) is 7.00. The van der Waals surface area contributed by atoms with Crippen molar-refractivity contribution in [1.82, 2.24) is 15.0 Å². The van der Waals surface area contributed by atoms with Crippen molar-refractivity contribution in [3.05, 3.63) is 84.2 Å². The Balaban J connectivity index is 0.00000133. The van der Waals surface area contributed by atoms with E-state index in [-0.39, 0.29) is 0 Å². The Labute approximate surface area is 172 Å². The van der Waals surface area contributed by atoms with Gasteiger partial charge < -0.3 is 0 Å². The van der Waals surface area contributed by atoms with E-state index in [1.54, 1.807) is 17.2 Å². The van der Waals surface area contributed by atoms with Crippen LogP contribution in [0.1, 0.15) is 64.7 Å². The van der Waals surface area contributed by atoms with Crippen LogP contribution in [0.2, 0.25) is 0 Å². The van der Waals surface area contributed by atoms with Crippen LogP contribution in [0.3, 0.4) is 0 Å². The Kier molecular flexibility index (Phi) is 13.0. The van der Waals surface area contributed by atoms with Crippen LogP contribution in [-0.4, -0.2) is 15.0 Å². The monoisotopic (exact) mass is 379 g/mol. The molecule has 0 atom stereocenters. The van der Waals surface area contributed by atoms with E-state index >= 15 is 0 Å². The molecule has 1 aromatic heterocycles. The molecule has 0 unspecified atom stereocenters. The maximum Gasteiger partial charge on any atom is 0.0697 e. The summed E-state index contributed by atoms with van der Waals surface area (Å²) in [6.07, 6.45) is 11.4. The molecule has 0 aliphatic heterocycles. The van der Waals surface area contributed by atoms with Gasteiger partial charge in [0, 0.05) is 0 Å². The maximum absolute atomic E-state index is 4.16. The van der Waals surface area contributed by atoms with Crippen LogP contribution in [0.5, 0.6) is 0 Å². The van der Waals surface area contributed by atoms with Gasteiger partial charge in [0.2, 0.25) is 0 Å². The van der Waals surface area contributed by atoms with Gasteiger partial charge in [-0.15, -0.1) is 0 Å². The van der Waals surface area contributed by atoms with Crippen LogP contribution in [0.4, 0.5) is 0 Å². The molecule has 0 saturated heterocycles. The normalized spacial score (nSPS) is 11.0. The van der Waals surface area contributed by atoms with Crippen LogP contribution in [0, 0.1) is 6.92 Å². The van der Waals surface area contributed by atoms with Gasteiger partial charge in [-0.3, -0.25) is 0 Å². The van der Waals surface area contributed by atoms with Gasteiger partial charge in [0.05, 0.1) is 18.1 Å². The minimum absolute atomic E-state index is 0.831. The van der Waals surface area contributed by atoms with Gasteiger partial charge in [-0.25, -0.2) is 0 Å². The second-order valence-corrected chi connectivity index (χ2v) is 6.34. The molecule has 0 bridgehead atoms. The van der Waals surface area contributed by atoms with Gasteiger partial charge in [-0.2, -0.15) is 15.0 Å². The van der Waals surface area contributed by atoms with Gasteiger partial charge in [0.1, 0.15) is 0 Å². The second kappa shape index (κ2) is 14.4. The lowest BCUT2D eigenvalue weighted by Crippen LogP contribution is -2.00. The number of rotatable bonds is 6. The fourth-order valence-electron chi connectivity index (χ4n) is 2.59. The van der Waals surface area contributed by atoms with E-state index in [0.717, 1.165) is 23.3 Å².